The lowest BCUT2D eigenvalue weighted by Gasteiger charge is -2.36. The van der Waals surface area contributed by atoms with Crippen LogP contribution < -0.4 is 15.4 Å². The number of esters is 2. The third-order valence-electron chi connectivity index (χ3n) is 5.81. The number of nitrogens with two attached hydrogens (primary N) is 1. The minimum absolute atomic E-state index is 0.0413. The zero-order chi connectivity index (χ0) is 27.4. The summed E-state index contributed by atoms with van der Waals surface area (Å²) < 4.78 is 15.9. The van der Waals surface area contributed by atoms with Crippen molar-refractivity contribution in [3.8, 4) is 17.6 Å². The van der Waals surface area contributed by atoms with Gasteiger partial charge in [-0.25, -0.2) is 9.59 Å². The van der Waals surface area contributed by atoms with Crippen LogP contribution in [0.1, 0.15) is 11.5 Å². The number of allylic oxidation sites excluding steroid dienone is 1. The molecule has 2 N–H and O–H groups in total. The molecule has 0 fully saturated rings. The largest absolute Gasteiger partial charge is 0.466 e. The van der Waals surface area contributed by atoms with Crippen LogP contribution in [0.2, 0.25) is 10.0 Å². The van der Waals surface area contributed by atoms with Crippen LogP contribution in [0.5, 0.6) is 11.5 Å². The van der Waals surface area contributed by atoms with Crippen LogP contribution in [0.4, 0.5) is 5.69 Å². The van der Waals surface area contributed by atoms with Crippen LogP contribution in [0.3, 0.4) is 0 Å². The molecule has 38 heavy (non-hydrogen) atoms. The van der Waals surface area contributed by atoms with Gasteiger partial charge in [0.2, 0.25) is 0 Å². The molecule has 8 nitrogen and oxygen atoms in total. The van der Waals surface area contributed by atoms with Gasteiger partial charge in [-0.15, -0.1) is 0 Å². The second-order valence-electron chi connectivity index (χ2n) is 8.01. The van der Waals surface area contributed by atoms with Crippen LogP contribution >= 0.6 is 23.2 Å². The number of hydrogen-bond donors (Lipinski definition) is 1. The highest BCUT2D eigenvalue weighted by Crippen LogP contribution is 2.44. The number of hydrogen-bond acceptors (Lipinski definition) is 8. The highest BCUT2D eigenvalue weighted by atomic mass is 35.5. The summed E-state index contributed by atoms with van der Waals surface area (Å²) in [6.45, 7) is 0. The molecule has 0 saturated carbocycles. The van der Waals surface area contributed by atoms with E-state index < -0.39 is 17.9 Å². The fourth-order valence-corrected chi connectivity index (χ4v) is 4.54. The van der Waals surface area contributed by atoms with Crippen molar-refractivity contribution in [1.82, 2.24) is 0 Å². The van der Waals surface area contributed by atoms with E-state index in [1.54, 1.807) is 66.7 Å². The Labute approximate surface area is 229 Å². The van der Waals surface area contributed by atoms with Crippen molar-refractivity contribution in [1.29, 1.82) is 5.26 Å². The zero-order valence-corrected chi connectivity index (χ0v) is 21.8. The molecule has 1 heterocycles. The number of ether oxygens (including phenoxy) is 3. The maximum Gasteiger partial charge on any atom is 0.355 e. The average Bonchev–Trinajstić information content (AvgIpc) is 2.93. The zero-order valence-electron chi connectivity index (χ0n) is 20.3. The predicted molar refractivity (Wildman–Crippen MR) is 143 cm³/mol. The van der Waals surface area contributed by atoms with Crippen molar-refractivity contribution in [3.63, 3.8) is 0 Å². The summed E-state index contributed by atoms with van der Waals surface area (Å²) in [5.41, 5.74) is 7.09. The number of carbonyl (C=O) groups is 2. The first-order valence-electron chi connectivity index (χ1n) is 11.2. The number of nitrogens with zero attached hydrogens (tertiary/aromatic N) is 2. The summed E-state index contributed by atoms with van der Waals surface area (Å²) in [5.74, 6) is -1.96. The third kappa shape index (κ3) is 5.02. The molecular formula is C28H21Cl2N3O5. The van der Waals surface area contributed by atoms with Crippen molar-refractivity contribution < 1.29 is 23.8 Å². The van der Waals surface area contributed by atoms with Gasteiger partial charge in [-0.3, -0.25) is 4.90 Å². The first-order valence-corrected chi connectivity index (χ1v) is 11.9. The lowest BCUT2D eigenvalue weighted by atomic mass is 9.81. The maximum atomic E-state index is 13.2. The summed E-state index contributed by atoms with van der Waals surface area (Å²) in [4.78, 5) is 27.6. The number of rotatable bonds is 6. The topological polar surface area (TPSA) is 115 Å². The molecule has 10 heteroatoms. The van der Waals surface area contributed by atoms with Crippen LogP contribution in [-0.2, 0) is 19.1 Å². The van der Waals surface area contributed by atoms with Gasteiger partial charge in [0.15, 0.2) is 0 Å². The van der Waals surface area contributed by atoms with Crippen molar-refractivity contribution in [3.05, 3.63) is 111 Å². The number of benzene rings is 3. The van der Waals surface area contributed by atoms with Gasteiger partial charge in [0.25, 0.3) is 0 Å². The first-order chi connectivity index (χ1) is 18.3. The Morgan fingerprint density at radius 1 is 0.947 bits per heavy atom. The van der Waals surface area contributed by atoms with Gasteiger partial charge in [0.1, 0.15) is 23.0 Å². The summed E-state index contributed by atoms with van der Waals surface area (Å²) in [7, 11) is 2.36. The molecular weight excluding hydrogens is 529 g/mol. The van der Waals surface area contributed by atoms with E-state index >= 15 is 0 Å². The van der Waals surface area contributed by atoms with Gasteiger partial charge in [0, 0.05) is 10.7 Å². The molecule has 0 saturated heterocycles. The Balaban J connectivity index is 1.91. The summed E-state index contributed by atoms with van der Waals surface area (Å²) in [6.07, 6.45) is 0. The molecule has 0 aliphatic carbocycles. The lowest BCUT2D eigenvalue weighted by molar-refractivity contribution is -0.139. The molecule has 3 aromatic carbocycles. The van der Waals surface area contributed by atoms with Crippen molar-refractivity contribution in [2.45, 2.75) is 5.92 Å². The Morgan fingerprint density at radius 2 is 1.66 bits per heavy atom. The standard InChI is InChI=1S/C28H21Cl2N3O5/c1-36-27(34)24-23(16-7-4-3-5-8-16)20(15-31)26(32)33(25(24)28(35)37-2)18-11-12-22(21(30)14-18)38-19-10-6-9-17(29)13-19/h3-14,23H,32H2,1-2H3. The lowest BCUT2D eigenvalue weighted by Crippen LogP contribution is -2.40. The average molecular weight is 550 g/mol. The fourth-order valence-electron chi connectivity index (χ4n) is 4.15. The van der Waals surface area contributed by atoms with Gasteiger partial charge in [-0.1, -0.05) is 59.6 Å². The molecule has 1 aliphatic heterocycles. The van der Waals surface area contributed by atoms with Crippen molar-refractivity contribution in [2.24, 2.45) is 5.73 Å². The van der Waals surface area contributed by atoms with Gasteiger partial charge in [-0.05, 0) is 42.0 Å². The maximum absolute atomic E-state index is 13.2. The van der Waals surface area contributed by atoms with Gasteiger partial charge in [0.05, 0.1) is 42.4 Å². The van der Waals surface area contributed by atoms with Crippen LogP contribution in [0.25, 0.3) is 0 Å². The first kappa shape index (κ1) is 26.6. The Bertz CT molecular complexity index is 1510. The fraction of sp³-hybridized carbons (Fsp3) is 0.107. The molecule has 0 spiro atoms. The third-order valence-corrected chi connectivity index (χ3v) is 6.34. The predicted octanol–water partition coefficient (Wildman–Crippen LogP) is 5.68. The van der Waals surface area contributed by atoms with Gasteiger partial charge >= 0.3 is 11.9 Å². The second kappa shape index (κ2) is 11.3. The molecule has 3 aromatic rings. The Morgan fingerprint density at radius 3 is 2.26 bits per heavy atom. The molecule has 0 aromatic heterocycles. The van der Waals surface area contributed by atoms with E-state index in [4.69, 9.17) is 43.1 Å². The molecule has 0 radical (unpaired) electrons. The molecule has 1 aliphatic rings. The quantitative estimate of drug-likeness (QED) is 0.390. The normalized spacial score (nSPS) is 15.1. The molecule has 1 atom stereocenters. The second-order valence-corrected chi connectivity index (χ2v) is 8.85. The van der Waals surface area contributed by atoms with Gasteiger partial charge in [-0.2, -0.15) is 5.26 Å². The Kier molecular flexibility index (Phi) is 7.91. The van der Waals surface area contributed by atoms with Gasteiger partial charge < -0.3 is 19.9 Å². The van der Waals surface area contributed by atoms with E-state index in [1.165, 1.54) is 25.2 Å². The molecule has 192 valence electrons. The van der Waals surface area contributed by atoms with E-state index in [2.05, 4.69) is 6.07 Å². The van der Waals surface area contributed by atoms with E-state index in [0.717, 1.165) is 0 Å². The van der Waals surface area contributed by atoms with Crippen LogP contribution in [0.15, 0.2) is 95.5 Å². The van der Waals surface area contributed by atoms with Crippen LogP contribution in [-0.4, -0.2) is 26.2 Å². The summed E-state index contributed by atoms with van der Waals surface area (Å²) in [5, 5.41) is 10.8. The van der Waals surface area contributed by atoms with E-state index in [9.17, 15) is 14.9 Å². The highest BCUT2D eigenvalue weighted by molar-refractivity contribution is 6.32. The minimum Gasteiger partial charge on any atom is -0.466 e. The molecule has 4 rings (SSSR count). The van der Waals surface area contributed by atoms with E-state index in [1.807, 2.05) is 0 Å². The summed E-state index contributed by atoms with van der Waals surface area (Å²) in [6, 6.07) is 22.2. The number of carbonyl (C=O) groups excluding carboxylic acids is 2. The summed E-state index contributed by atoms with van der Waals surface area (Å²) >= 11 is 12.6. The molecule has 1 unspecified atom stereocenters. The number of methoxy groups -OCH3 is 2. The van der Waals surface area contributed by atoms with Crippen molar-refractivity contribution in [2.75, 3.05) is 19.1 Å². The number of halogens is 2. The van der Waals surface area contributed by atoms with Crippen LogP contribution in [0, 0.1) is 11.3 Å². The SMILES string of the molecule is COC(=O)C1=C(C(=O)OC)N(c2ccc(Oc3cccc(Cl)c3)c(Cl)c2)C(N)=C(C#N)C1c1ccccc1. The van der Waals surface area contributed by atoms with E-state index in [-0.39, 0.29) is 33.4 Å². The minimum atomic E-state index is -0.972. The van der Waals surface area contributed by atoms with E-state index in [0.29, 0.717) is 22.1 Å². The highest BCUT2D eigenvalue weighted by Gasteiger charge is 2.43. The smallest absolute Gasteiger partial charge is 0.355 e. The molecule has 0 bridgehead atoms. The molecule has 0 amide bonds. The number of nitriles is 1. The Hall–Kier alpha value is -4.45. The number of anilines is 1. The van der Waals surface area contributed by atoms with Crippen molar-refractivity contribution >= 4 is 40.8 Å². The monoisotopic (exact) mass is 549 g/mol.